The van der Waals surface area contributed by atoms with Gasteiger partial charge in [0, 0.05) is 13.1 Å². The van der Waals surface area contributed by atoms with Gasteiger partial charge in [0.2, 0.25) is 0 Å². The predicted octanol–water partition coefficient (Wildman–Crippen LogP) is 2.92. The van der Waals surface area contributed by atoms with Crippen molar-refractivity contribution < 1.29 is 0 Å². The first-order valence-electron chi connectivity index (χ1n) is 12.7. The summed E-state index contributed by atoms with van der Waals surface area (Å²) >= 11 is 0. The maximum Gasteiger partial charge on any atom is 0.0205 e. The van der Waals surface area contributed by atoms with Crippen LogP contribution in [0.5, 0.6) is 0 Å². The average Bonchev–Trinajstić information content (AvgIpc) is 2.82. The van der Waals surface area contributed by atoms with Crippen LogP contribution in [-0.2, 0) is 13.1 Å². The van der Waals surface area contributed by atoms with E-state index in [1.165, 1.54) is 27.8 Å². The fraction of sp³-hybridized carbons (Fsp3) is 0.556. The van der Waals surface area contributed by atoms with Crippen LogP contribution in [0.1, 0.15) is 42.4 Å². The first-order chi connectivity index (χ1) is 16.2. The van der Waals surface area contributed by atoms with Gasteiger partial charge in [-0.15, -0.1) is 12.4 Å². The number of halogens is 1. The highest BCUT2D eigenvalue weighted by Crippen LogP contribution is 2.25. The number of benzene rings is 2. The summed E-state index contributed by atoms with van der Waals surface area (Å²) in [4.78, 5) is 0. The zero-order valence-electron chi connectivity index (χ0n) is 21.0. The van der Waals surface area contributed by atoms with Crippen molar-refractivity contribution in [2.75, 3.05) is 52.4 Å². The minimum absolute atomic E-state index is 0. The van der Waals surface area contributed by atoms with Crippen molar-refractivity contribution in [3.05, 3.63) is 59.2 Å². The number of nitrogens with one attached hydrogen (secondary N) is 4. The third-order valence-corrected chi connectivity index (χ3v) is 5.70. The van der Waals surface area contributed by atoms with Gasteiger partial charge in [0.05, 0.1) is 0 Å². The Bertz CT molecular complexity index is 732. The van der Waals surface area contributed by atoms with Crippen molar-refractivity contribution in [3.8, 4) is 11.1 Å². The lowest BCUT2D eigenvalue weighted by molar-refractivity contribution is 0.583. The number of hydrogen-bond donors (Lipinski definition) is 6. The minimum atomic E-state index is 0. The van der Waals surface area contributed by atoms with Crippen LogP contribution in [0.25, 0.3) is 11.1 Å². The van der Waals surface area contributed by atoms with Gasteiger partial charge in [0.25, 0.3) is 0 Å². The number of aryl methyl sites for hydroxylation is 1. The van der Waals surface area contributed by atoms with Crippen LogP contribution < -0.4 is 32.7 Å². The van der Waals surface area contributed by atoms with E-state index >= 15 is 0 Å². The molecule has 2 aromatic rings. The van der Waals surface area contributed by atoms with Crippen LogP contribution in [0.15, 0.2) is 42.5 Å². The molecule has 0 aliphatic carbocycles. The molecule has 0 saturated carbocycles. The third kappa shape index (κ3) is 12.8. The second-order valence-electron chi connectivity index (χ2n) is 8.70. The zero-order valence-corrected chi connectivity index (χ0v) is 21.8. The summed E-state index contributed by atoms with van der Waals surface area (Å²) in [5, 5.41) is 14.1. The molecule has 0 aliphatic heterocycles. The van der Waals surface area contributed by atoms with Crippen LogP contribution in [0.2, 0.25) is 0 Å². The lowest BCUT2D eigenvalue weighted by atomic mass is 9.96. The average molecular weight is 491 g/mol. The van der Waals surface area contributed by atoms with E-state index in [0.717, 1.165) is 91.1 Å². The van der Waals surface area contributed by atoms with Crippen molar-refractivity contribution in [2.24, 2.45) is 11.5 Å². The van der Waals surface area contributed by atoms with Crippen LogP contribution >= 0.6 is 12.4 Å². The molecule has 2 aromatic carbocycles. The highest BCUT2D eigenvalue weighted by Gasteiger charge is 2.06. The quantitative estimate of drug-likeness (QED) is 0.169. The summed E-state index contributed by atoms with van der Waals surface area (Å²) in [6, 6.07) is 15.6. The summed E-state index contributed by atoms with van der Waals surface area (Å²) in [7, 11) is 0. The smallest absolute Gasteiger partial charge is 0.0205 e. The highest BCUT2D eigenvalue weighted by molar-refractivity contribution is 5.85. The zero-order chi connectivity index (χ0) is 23.6. The minimum Gasteiger partial charge on any atom is -0.330 e. The Labute approximate surface area is 213 Å². The molecule has 0 aliphatic rings. The molecule has 8 N–H and O–H groups in total. The molecule has 0 radical (unpaired) electrons. The van der Waals surface area contributed by atoms with Crippen LogP contribution in [0.4, 0.5) is 0 Å². The van der Waals surface area contributed by atoms with Gasteiger partial charge in [-0.25, -0.2) is 0 Å². The molecular weight excluding hydrogens is 444 g/mol. The second-order valence-corrected chi connectivity index (χ2v) is 8.70. The molecule has 2 rings (SSSR count). The van der Waals surface area contributed by atoms with E-state index in [1.54, 1.807) is 0 Å². The molecule has 6 nitrogen and oxygen atoms in total. The molecular formula is C27H47ClN6. The molecule has 0 unspecified atom stereocenters. The second kappa shape index (κ2) is 19.8. The summed E-state index contributed by atoms with van der Waals surface area (Å²) in [5.74, 6) is 0. The Kier molecular flexibility index (Phi) is 17.7. The first-order valence-corrected chi connectivity index (χ1v) is 12.7. The van der Waals surface area contributed by atoms with Gasteiger partial charge in [-0.2, -0.15) is 0 Å². The van der Waals surface area contributed by atoms with E-state index in [-0.39, 0.29) is 12.4 Å². The summed E-state index contributed by atoms with van der Waals surface area (Å²) < 4.78 is 0. The van der Waals surface area contributed by atoms with Crippen LogP contribution in [0.3, 0.4) is 0 Å². The molecule has 0 saturated heterocycles. The summed E-state index contributed by atoms with van der Waals surface area (Å²) in [6.07, 6.45) is 4.33. The van der Waals surface area contributed by atoms with Gasteiger partial charge in [-0.05, 0) is 125 Å². The number of rotatable bonds is 19. The third-order valence-electron chi connectivity index (χ3n) is 5.70. The standard InChI is InChI=1S/C27H46N6.ClH/c1-23-8-2-3-9-27(23)26-19-24(21-32-16-6-14-30-12-4-10-28)18-25(20-26)22-33-17-7-15-31-13-5-11-29;/h2-3,8-9,18-20,30-33H,4-7,10-17,21-22,28-29H2,1H3;1H. The molecule has 0 amide bonds. The molecule has 0 bridgehead atoms. The van der Waals surface area contributed by atoms with Gasteiger partial charge in [0.15, 0.2) is 0 Å². The van der Waals surface area contributed by atoms with E-state index in [2.05, 4.69) is 70.7 Å². The lowest BCUT2D eigenvalue weighted by Crippen LogP contribution is -2.24. The Morgan fingerprint density at radius 3 is 1.59 bits per heavy atom. The maximum absolute atomic E-state index is 5.54. The molecule has 192 valence electrons. The van der Waals surface area contributed by atoms with Gasteiger partial charge < -0.3 is 32.7 Å². The van der Waals surface area contributed by atoms with Crippen molar-refractivity contribution in [1.29, 1.82) is 0 Å². The van der Waals surface area contributed by atoms with Gasteiger partial charge in [-0.3, -0.25) is 0 Å². The van der Waals surface area contributed by atoms with Crippen molar-refractivity contribution in [1.82, 2.24) is 21.3 Å². The van der Waals surface area contributed by atoms with Crippen molar-refractivity contribution >= 4 is 12.4 Å². The maximum atomic E-state index is 5.54. The fourth-order valence-corrected chi connectivity index (χ4v) is 3.87. The topological polar surface area (TPSA) is 100 Å². The largest absolute Gasteiger partial charge is 0.330 e. The van der Waals surface area contributed by atoms with Crippen LogP contribution in [0, 0.1) is 6.92 Å². The molecule has 7 heteroatoms. The van der Waals surface area contributed by atoms with E-state index in [0.29, 0.717) is 0 Å². The molecule has 0 heterocycles. The molecule has 0 spiro atoms. The van der Waals surface area contributed by atoms with Crippen molar-refractivity contribution in [2.45, 2.75) is 45.7 Å². The van der Waals surface area contributed by atoms with Gasteiger partial charge in [-0.1, -0.05) is 30.3 Å². The van der Waals surface area contributed by atoms with E-state index in [1.807, 2.05) is 0 Å². The first kappa shape index (κ1) is 30.5. The Morgan fingerprint density at radius 2 is 1.09 bits per heavy atom. The van der Waals surface area contributed by atoms with E-state index in [4.69, 9.17) is 11.5 Å². The fourth-order valence-electron chi connectivity index (χ4n) is 3.87. The predicted molar refractivity (Wildman–Crippen MR) is 150 cm³/mol. The summed E-state index contributed by atoms with van der Waals surface area (Å²) in [5.41, 5.74) is 17.7. The SMILES string of the molecule is Cc1ccccc1-c1cc(CNCCCNCCCN)cc(CNCCCNCCCN)c1.Cl. The monoisotopic (exact) mass is 490 g/mol. The highest BCUT2D eigenvalue weighted by atomic mass is 35.5. The molecule has 0 aromatic heterocycles. The summed E-state index contributed by atoms with van der Waals surface area (Å²) in [6.45, 7) is 11.6. The Balaban J connectivity index is 0.00000578. The van der Waals surface area contributed by atoms with E-state index in [9.17, 15) is 0 Å². The number of hydrogen-bond acceptors (Lipinski definition) is 6. The van der Waals surface area contributed by atoms with Gasteiger partial charge in [0.1, 0.15) is 0 Å². The molecule has 34 heavy (non-hydrogen) atoms. The van der Waals surface area contributed by atoms with E-state index < -0.39 is 0 Å². The normalized spacial score (nSPS) is 10.9. The molecule has 0 atom stereocenters. The Morgan fingerprint density at radius 1 is 0.618 bits per heavy atom. The number of nitrogens with two attached hydrogens (primary N) is 2. The van der Waals surface area contributed by atoms with Gasteiger partial charge >= 0.3 is 0 Å². The van der Waals surface area contributed by atoms with Crippen molar-refractivity contribution in [3.63, 3.8) is 0 Å². The Hall–Kier alpha value is -1.51. The lowest BCUT2D eigenvalue weighted by Gasteiger charge is -2.14. The molecule has 0 fully saturated rings. The van der Waals surface area contributed by atoms with Crippen LogP contribution in [-0.4, -0.2) is 52.4 Å².